The summed E-state index contributed by atoms with van der Waals surface area (Å²) in [5.74, 6) is -47.6. The number of hydrogen-bond donors (Lipinski definition) is 1. The van der Waals surface area contributed by atoms with Gasteiger partial charge in [-0.15, -0.1) is 0 Å². The molecule has 0 rings (SSSR count). The lowest BCUT2D eigenvalue weighted by Crippen LogP contribution is -2.54. The van der Waals surface area contributed by atoms with Crippen LogP contribution in [0.25, 0.3) is 0 Å². The zero-order chi connectivity index (χ0) is 42.0. The van der Waals surface area contributed by atoms with Crippen LogP contribution in [-0.4, -0.2) is 110 Å². The second-order valence-corrected chi connectivity index (χ2v) is 11.7. The number of carbonyl (C=O) groups is 3. The van der Waals surface area contributed by atoms with Gasteiger partial charge < -0.3 is 14.2 Å². The average Bonchev–Trinajstić information content (AvgIpc) is 2.89. The molecule has 308 valence electrons. The average molecular weight is 844 g/mol. The monoisotopic (exact) mass is 844 g/mol. The van der Waals surface area contributed by atoms with Crippen LogP contribution in [0, 0.1) is 0 Å². The molecule has 0 bridgehead atoms. The molecule has 0 saturated heterocycles. The van der Waals surface area contributed by atoms with Gasteiger partial charge in [-0.25, -0.2) is 0 Å². The summed E-state index contributed by atoms with van der Waals surface area (Å²) in [6, 6.07) is 0. The fourth-order valence-corrected chi connectivity index (χ4v) is 4.02. The highest BCUT2D eigenvalue weighted by Gasteiger charge is 2.74. The Morgan fingerprint density at radius 1 is 0.442 bits per heavy atom. The maximum Gasteiger partial charge on any atom is 0.459 e. The van der Waals surface area contributed by atoms with E-state index >= 15 is 0 Å². The van der Waals surface area contributed by atoms with Gasteiger partial charge in [0.05, 0.1) is 51.9 Å². The predicted octanol–water partition coefficient (Wildman–Crippen LogP) is 6.69. The smallest absolute Gasteiger partial charge is 0.459 e. The van der Waals surface area contributed by atoms with Crippen LogP contribution in [0.5, 0.6) is 0 Å². The third-order valence-corrected chi connectivity index (χ3v) is 7.62. The number of esters is 3. The number of halogens is 21. The third-order valence-electron chi connectivity index (χ3n) is 6.18. The molecule has 0 aromatic carbocycles. The van der Waals surface area contributed by atoms with E-state index in [0.717, 1.165) is 0 Å². The lowest BCUT2D eigenvalue weighted by Gasteiger charge is -2.30. The van der Waals surface area contributed by atoms with Crippen LogP contribution in [0.4, 0.5) is 92.2 Å². The van der Waals surface area contributed by atoms with Crippen molar-refractivity contribution in [2.45, 2.75) is 90.9 Å². The van der Waals surface area contributed by atoms with Crippen LogP contribution in [0.3, 0.4) is 0 Å². The molecule has 0 saturated carbocycles. The van der Waals surface area contributed by atoms with E-state index in [1.54, 1.807) is 0 Å². The van der Waals surface area contributed by atoms with Crippen LogP contribution < -0.4 is 0 Å². The lowest BCUT2D eigenvalue weighted by atomic mass is 10.00. The van der Waals surface area contributed by atoms with Gasteiger partial charge in [-0.3, -0.25) is 18.9 Å². The van der Waals surface area contributed by atoms with Crippen molar-refractivity contribution >= 4 is 28.0 Å². The Hall–Kier alpha value is -3.15. The fraction of sp³-hybridized carbons (Fsp3) is 0.857. The first kappa shape index (κ1) is 48.9. The highest BCUT2D eigenvalue weighted by atomic mass is 32.2. The standard InChI is InChI=1S/C21H17F21O9S/c22-13(23,16(28,29)19(34,35)36)1-4-49-9(43)7-12(52(46,47)48,11(45)51-6-3-15(26,27)18(32,33)21(40,41)42)8-10(44)50-5-2-14(24,25)17(30,31)20(37,38)39/h1-8H2,(H,46,47,48). The molecule has 0 atom stereocenters. The van der Waals surface area contributed by atoms with Crippen molar-refractivity contribution in [3.63, 3.8) is 0 Å². The van der Waals surface area contributed by atoms with Crippen LogP contribution in [-0.2, 0) is 38.7 Å². The van der Waals surface area contributed by atoms with Gasteiger partial charge in [0.15, 0.2) is 0 Å². The maximum atomic E-state index is 13.5. The molecule has 31 heteroatoms. The summed E-state index contributed by atoms with van der Waals surface area (Å²) in [6.45, 7) is -7.14. The van der Waals surface area contributed by atoms with Crippen molar-refractivity contribution in [3.05, 3.63) is 0 Å². The molecule has 0 aliphatic carbocycles. The molecule has 52 heavy (non-hydrogen) atoms. The van der Waals surface area contributed by atoms with Crippen LogP contribution in [0.1, 0.15) is 32.1 Å². The number of rotatable bonds is 18. The molecule has 0 fully saturated rings. The Morgan fingerprint density at radius 2 is 0.673 bits per heavy atom. The van der Waals surface area contributed by atoms with Crippen molar-refractivity contribution in [1.82, 2.24) is 0 Å². The number of alkyl halides is 21. The number of hydrogen-bond acceptors (Lipinski definition) is 8. The molecule has 0 radical (unpaired) electrons. The molecule has 0 heterocycles. The molecular weight excluding hydrogens is 827 g/mol. The van der Waals surface area contributed by atoms with Crippen molar-refractivity contribution in [1.29, 1.82) is 0 Å². The van der Waals surface area contributed by atoms with Crippen LogP contribution >= 0.6 is 0 Å². The van der Waals surface area contributed by atoms with E-state index in [-0.39, 0.29) is 0 Å². The molecule has 0 spiro atoms. The second-order valence-electron chi connectivity index (χ2n) is 9.98. The Balaban J connectivity index is 6.46. The van der Waals surface area contributed by atoms with E-state index in [0.29, 0.717) is 0 Å². The van der Waals surface area contributed by atoms with Gasteiger partial charge in [0.25, 0.3) is 10.1 Å². The first-order valence-electron chi connectivity index (χ1n) is 12.5. The summed E-state index contributed by atoms with van der Waals surface area (Å²) < 4.78 is 310. The fourth-order valence-electron chi connectivity index (χ4n) is 3.15. The van der Waals surface area contributed by atoms with Crippen molar-refractivity contribution in [2.24, 2.45) is 0 Å². The van der Waals surface area contributed by atoms with E-state index in [1.807, 2.05) is 0 Å². The third kappa shape index (κ3) is 10.5. The van der Waals surface area contributed by atoms with E-state index in [2.05, 4.69) is 14.2 Å². The molecule has 0 aromatic rings. The summed E-state index contributed by atoms with van der Waals surface area (Å²) in [5.41, 5.74) is 0. The van der Waals surface area contributed by atoms with E-state index < -0.39 is 139 Å². The quantitative estimate of drug-likeness (QED) is 0.0694. The number of carbonyl (C=O) groups excluding carboxylic acids is 3. The van der Waals surface area contributed by atoms with Crippen LogP contribution in [0.2, 0.25) is 0 Å². The summed E-state index contributed by atoms with van der Waals surface area (Å²) in [5, 5.41) is 0. The first-order chi connectivity index (χ1) is 22.6. The SMILES string of the molecule is O=C(CC(CC(=O)OCCC(F)(F)C(F)(F)C(F)(F)F)(C(=O)OCCC(F)(F)C(F)(F)C(F)(F)F)S(=O)(=O)O)OCCC(F)(F)C(F)(F)C(F)(F)F. The van der Waals surface area contributed by atoms with Gasteiger partial charge >= 0.3 is 72.0 Å². The molecule has 0 aliphatic heterocycles. The molecule has 0 aliphatic rings. The minimum Gasteiger partial charge on any atom is -0.465 e. The van der Waals surface area contributed by atoms with E-state index in [9.17, 15) is 120 Å². The Labute approximate surface area is 273 Å². The Kier molecular flexibility index (Phi) is 14.4. The predicted molar refractivity (Wildman–Crippen MR) is 118 cm³/mol. The molecular formula is C21H17F21O9S. The van der Waals surface area contributed by atoms with Crippen molar-refractivity contribution in [2.75, 3.05) is 19.8 Å². The zero-order valence-electron chi connectivity index (χ0n) is 24.2. The van der Waals surface area contributed by atoms with E-state index in [4.69, 9.17) is 0 Å². The van der Waals surface area contributed by atoms with Gasteiger partial charge in [0.2, 0.25) is 4.75 Å². The summed E-state index contributed by atoms with van der Waals surface area (Å²) in [6.07, 6.45) is -34.9. The number of ether oxygens (including phenoxy) is 3. The van der Waals surface area contributed by atoms with Crippen LogP contribution in [0.15, 0.2) is 0 Å². The van der Waals surface area contributed by atoms with Crippen molar-refractivity contribution in [3.8, 4) is 0 Å². The van der Waals surface area contributed by atoms with Gasteiger partial charge in [0.1, 0.15) is 0 Å². The maximum absolute atomic E-state index is 13.5. The lowest BCUT2D eigenvalue weighted by molar-refractivity contribution is -0.356. The minimum absolute atomic E-state index is 2.32. The second kappa shape index (κ2) is 15.3. The highest BCUT2D eigenvalue weighted by molar-refractivity contribution is 7.88. The topological polar surface area (TPSA) is 133 Å². The van der Waals surface area contributed by atoms with E-state index in [1.165, 1.54) is 0 Å². The van der Waals surface area contributed by atoms with Gasteiger partial charge in [-0.2, -0.15) is 101 Å². The van der Waals surface area contributed by atoms with Gasteiger partial charge in [0, 0.05) is 0 Å². The van der Waals surface area contributed by atoms with Crippen molar-refractivity contribution < 1.29 is 134 Å². The molecule has 0 aromatic heterocycles. The minimum atomic E-state index is -7.02. The zero-order valence-corrected chi connectivity index (χ0v) is 25.0. The molecule has 1 N–H and O–H groups in total. The highest BCUT2D eigenvalue weighted by Crippen LogP contribution is 2.50. The summed E-state index contributed by atoms with van der Waals surface area (Å²) >= 11 is 0. The molecule has 0 unspecified atom stereocenters. The normalized spacial score (nSPS) is 15.0. The summed E-state index contributed by atoms with van der Waals surface area (Å²) in [7, 11) is -6.75. The molecule has 9 nitrogen and oxygen atoms in total. The first-order valence-corrected chi connectivity index (χ1v) is 13.9. The Bertz CT molecular complexity index is 1330. The summed E-state index contributed by atoms with van der Waals surface area (Å²) in [4.78, 5) is 36.8. The molecule has 0 amide bonds. The van der Waals surface area contributed by atoms with Gasteiger partial charge in [-0.1, -0.05) is 0 Å². The largest absolute Gasteiger partial charge is 0.465 e. The Morgan fingerprint density at radius 3 is 0.885 bits per heavy atom. The van der Waals surface area contributed by atoms with Gasteiger partial charge in [-0.05, 0) is 0 Å².